The van der Waals surface area contributed by atoms with E-state index in [2.05, 4.69) is 9.97 Å². The van der Waals surface area contributed by atoms with E-state index in [1.165, 1.54) is 6.33 Å². The maximum atomic E-state index is 5.77. The number of benzene rings is 1. The van der Waals surface area contributed by atoms with Gasteiger partial charge in [-0.15, -0.1) is 11.8 Å². The van der Waals surface area contributed by atoms with Crippen LogP contribution >= 0.6 is 11.8 Å². The second-order valence-corrected chi connectivity index (χ2v) is 3.46. The quantitative estimate of drug-likeness (QED) is 0.700. The molecule has 66 valence electrons. The molecule has 2 aromatic rings. The van der Waals surface area contributed by atoms with Gasteiger partial charge in [0.25, 0.3) is 0 Å². The maximum Gasteiger partial charge on any atom is 0.135 e. The van der Waals surface area contributed by atoms with Gasteiger partial charge in [0.15, 0.2) is 0 Å². The lowest BCUT2D eigenvalue weighted by molar-refractivity contribution is 1.22. The lowest BCUT2D eigenvalue weighted by Crippen LogP contribution is -1.93. The van der Waals surface area contributed by atoms with Crippen LogP contribution in [0.3, 0.4) is 0 Å². The first-order valence-electron chi connectivity index (χ1n) is 3.86. The zero-order valence-corrected chi connectivity index (χ0v) is 8.01. The summed E-state index contributed by atoms with van der Waals surface area (Å²) in [6.45, 7) is 0. The van der Waals surface area contributed by atoms with Gasteiger partial charge in [-0.3, -0.25) is 0 Å². The van der Waals surface area contributed by atoms with Crippen LogP contribution in [0.5, 0.6) is 0 Å². The van der Waals surface area contributed by atoms with Crippen molar-refractivity contribution in [2.75, 3.05) is 12.0 Å². The van der Waals surface area contributed by atoms with E-state index in [9.17, 15) is 0 Å². The van der Waals surface area contributed by atoms with Crippen LogP contribution in [0.1, 0.15) is 0 Å². The molecule has 0 amide bonds. The number of nitrogen functional groups attached to an aromatic ring is 1. The van der Waals surface area contributed by atoms with Crippen LogP contribution in [0.2, 0.25) is 0 Å². The van der Waals surface area contributed by atoms with Crippen molar-refractivity contribution in [3.05, 3.63) is 24.5 Å². The molecule has 0 saturated heterocycles. The Morgan fingerprint density at radius 3 is 2.92 bits per heavy atom. The molecule has 2 N–H and O–H groups in total. The number of fused-ring (bicyclic) bond motifs is 1. The first-order chi connectivity index (χ1) is 6.33. The molecular weight excluding hydrogens is 182 g/mol. The average molecular weight is 191 g/mol. The van der Waals surface area contributed by atoms with Crippen molar-refractivity contribution in [3.63, 3.8) is 0 Å². The van der Waals surface area contributed by atoms with Crippen molar-refractivity contribution in [2.24, 2.45) is 0 Å². The van der Waals surface area contributed by atoms with Crippen LogP contribution in [0.25, 0.3) is 10.9 Å². The highest BCUT2D eigenvalue weighted by molar-refractivity contribution is 7.98. The molecule has 3 nitrogen and oxygen atoms in total. The van der Waals surface area contributed by atoms with Crippen molar-refractivity contribution in [3.8, 4) is 0 Å². The number of thioether (sulfide) groups is 1. The fourth-order valence-electron chi connectivity index (χ4n) is 1.27. The van der Waals surface area contributed by atoms with Gasteiger partial charge in [0.1, 0.15) is 12.1 Å². The van der Waals surface area contributed by atoms with Crippen LogP contribution in [-0.2, 0) is 0 Å². The Labute approximate surface area is 80.4 Å². The Morgan fingerprint density at radius 1 is 1.31 bits per heavy atom. The molecular formula is C9H9N3S. The highest BCUT2D eigenvalue weighted by Gasteiger charge is 2.04. The molecule has 2 rings (SSSR count). The Balaban J connectivity index is 2.87. The molecule has 0 bridgehead atoms. The molecule has 0 fully saturated rings. The number of hydrogen-bond donors (Lipinski definition) is 1. The predicted molar refractivity (Wildman–Crippen MR) is 55.7 cm³/mol. The fourth-order valence-corrected chi connectivity index (χ4v) is 1.90. The molecule has 0 saturated carbocycles. The molecule has 1 heterocycles. The van der Waals surface area contributed by atoms with E-state index in [1.807, 2.05) is 24.5 Å². The highest BCUT2D eigenvalue weighted by Crippen LogP contribution is 2.27. The monoisotopic (exact) mass is 191 g/mol. The molecule has 13 heavy (non-hydrogen) atoms. The van der Waals surface area contributed by atoms with Gasteiger partial charge in [-0.2, -0.15) is 0 Å². The van der Waals surface area contributed by atoms with Gasteiger partial charge in [0, 0.05) is 4.90 Å². The number of rotatable bonds is 1. The van der Waals surface area contributed by atoms with Crippen LogP contribution in [0.4, 0.5) is 5.82 Å². The molecule has 0 atom stereocenters. The molecule has 0 radical (unpaired) electrons. The van der Waals surface area contributed by atoms with Gasteiger partial charge in [0.2, 0.25) is 0 Å². The van der Waals surface area contributed by atoms with Crippen molar-refractivity contribution < 1.29 is 0 Å². The van der Waals surface area contributed by atoms with E-state index in [4.69, 9.17) is 5.73 Å². The van der Waals surface area contributed by atoms with Crippen LogP contribution in [-0.4, -0.2) is 16.2 Å². The van der Waals surface area contributed by atoms with E-state index < -0.39 is 0 Å². The standard InChI is InChI=1S/C9H9N3S/c1-13-7-4-2-3-6-8(7)9(10)12-5-11-6/h2-5H,1H3,(H2,10,11,12). The maximum absolute atomic E-state index is 5.77. The van der Waals surface area contributed by atoms with Gasteiger partial charge in [-0.05, 0) is 18.4 Å². The SMILES string of the molecule is CSc1cccc2ncnc(N)c12. The number of hydrogen-bond acceptors (Lipinski definition) is 4. The fraction of sp³-hybridized carbons (Fsp3) is 0.111. The second kappa shape index (κ2) is 3.22. The summed E-state index contributed by atoms with van der Waals surface area (Å²) in [6, 6.07) is 5.93. The molecule has 4 heteroatoms. The van der Waals surface area contributed by atoms with E-state index in [0.717, 1.165) is 15.8 Å². The minimum absolute atomic E-state index is 0.551. The molecule has 0 aliphatic heterocycles. The van der Waals surface area contributed by atoms with Gasteiger partial charge < -0.3 is 5.73 Å². The summed E-state index contributed by atoms with van der Waals surface area (Å²) >= 11 is 1.65. The number of anilines is 1. The largest absolute Gasteiger partial charge is 0.383 e. The first kappa shape index (κ1) is 8.31. The third-order valence-electron chi connectivity index (χ3n) is 1.87. The molecule has 1 aromatic carbocycles. The lowest BCUT2D eigenvalue weighted by atomic mass is 10.2. The van der Waals surface area contributed by atoms with Crippen molar-refractivity contribution >= 4 is 28.5 Å². The summed E-state index contributed by atoms with van der Waals surface area (Å²) < 4.78 is 0. The lowest BCUT2D eigenvalue weighted by Gasteiger charge is -2.03. The van der Waals surface area contributed by atoms with E-state index in [1.54, 1.807) is 11.8 Å². The number of aromatic nitrogens is 2. The van der Waals surface area contributed by atoms with Crippen molar-refractivity contribution in [2.45, 2.75) is 4.90 Å². The zero-order chi connectivity index (χ0) is 9.26. The molecule has 0 spiro atoms. The molecule has 0 aliphatic rings. The smallest absolute Gasteiger partial charge is 0.135 e. The average Bonchev–Trinajstić information content (AvgIpc) is 2.17. The Morgan fingerprint density at radius 2 is 2.15 bits per heavy atom. The highest BCUT2D eigenvalue weighted by atomic mass is 32.2. The van der Waals surface area contributed by atoms with Crippen LogP contribution in [0, 0.1) is 0 Å². The molecule has 0 aliphatic carbocycles. The minimum atomic E-state index is 0.551. The third kappa shape index (κ3) is 1.33. The van der Waals surface area contributed by atoms with Crippen LogP contribution < -0.4 is 5.73 Å². The first-order valence-corrected chi connectivity index (χ1v) is 5.08. The van der Waals surface area contributed by atoms with Crippen LogP contribution in [0.15, 0.2) is 29.4 Å². The normalized spacial score (nSPS) is 10.5. The van der Waals surface area contributed by atoms with Gasteiger partial charge in [-0.25, -0.2) is 9.97 Å². The third-order valence-corrected chi connectivity index (χ3v) is 2.65. The van der Waals surface area contributed by atoms with Gasteiger partial charge in [0.05, 0.1) is 10.9 Å². The number of nitrogens with zero attached hydrogens (tertiary/aromatic N) is 2. The Bertz CT molecular complexity index is 437. The summed E-state index contributed by atoms with van der Waals surface area (Å²) in [5, 5.41) is 0.956. The van der Waals surface area contributed by atoms with E-state index in [0.29, 0.717) is 5.82 Å². The summed E-state index contributed by atoms with van der Waals surface area (Å²) in [6.07, 6.45) is 3.50. The summed E-state index contributed by atoms with van der Waals surface area (Å²) in [4.78, 5) is 9.24. The van der Waals surface area contributed by atoms with E-state index >= 15 is 0 Å². The summed E-state index contributed by atoms with van der Waals surface area (Å²) in [5.41, 5.74) is 6.67. The second-order valence-electron chi connectivity index (χ2n) is 2.61. The van der Waals surface area contributed by atoms with Crippen molar-refractivity contribution in [1.82, 2.24) is 9.97 Å². The van der Waals surface area contributed by atoms with Crippen molar-refractivity contribution in [1.29, 1.82) is 0 Å². The summed E-state index contributed by atoms with van der Waals surface area (Å²) in [5.74, 6) is 0.551. The summed E-state index contributed by atoms with van der Waals surface area (Å²) in [7, 11) is 0. The topological polar surface area (TPSA) is 51.8 Å². The predicted octanol–water partition coefficient (Wildman–Crippen LogP) is 1.93. The Hall–Kier alpha value is -1.29. The zero-order valence-electron chi connectivity index (χ0n) is 7.19. The molecule has 1 aromatic heterocycles. The van der Waals surface area contributed by atoms with Gasteiger partial charge >= 0.3 is 0 Å². The van der Waals surface area contributed by atoms with E-state index in [-0.39, 0.29) is 0 Å². The minimum Gasteiger partial charge on any atom is -0.383 e. The Kier molecular flexibility index (Phi) is 2.06. The molecule has 0 unspecified atom stereocenters. The van der Waals surface area contributed by atoms with Gasteiger partial charge in [-0.1, -0.05) is 6.07 Å². The number of nitrogens with two attached hydrogens (primary N) is 1.